The molecule has 0 atom stereocenters. The second-order valence-electron chi connectivity index (χ2n) is 4.97. The molecule has 4 heteroatoms. The van der Waals surface area contributed by atoms with Gasteiger partial charge in [-0.1, -0.05) is 12.1 Å². The summed E-state index contributed by atoms with van der Waals surface area (Å²) in [6, 6.07) is 10.6. The maximum absolute atomic E-state index is 4.52. The van der Waals surface area contributed by atoms with Crippen LogP contribution in [0.3, 0.4) is 0 Å². The first kappa shape index (κ1) is 13.2. The molecule has 2 heterocycles. The predicted octanol–water partition coefficient (Wildman–Crippen LogP) is 3.60. The van der Waals surface area contributed by atoms with Crippen LogP contribution in [0.1, 0.15) is 22.0 Å². The Morgan fingerprint density at radius 2 is 1.90 bits per heavy atom. The van der Waals surface area contributed by atoms with E-state index in [2.05, 4.69) is 51.0 Å². The van der Waals surface area contributed by atoms with Gasteiger partial charge in [0.1, 0.15) is 5.01 Å². The summed E-state index contributed by atoms with van der Waals surface area (Å²) in [4.78, 5) is 8.97. The molecule has 3 nitrogen and oxygen atoms in total. The molecule has 1 N–H and O–H groups in total. The normalized spacial score (nSPS) is 11.1. The number of pyridine rings is 1. The number of hydrogen-bond donors (Lipinski definition) is 1. The van der Waals surface area contributed by atoms with Crippen molar-refractivity contribution >= 4 is 22.2 Å². The monoisotopic (exact) mass is 283 g/mol. The number of thiazole rings is 1. The van der Waals surface area contributed by atoms with Gasteiger partial charge in [-0.25, -0.2) is 4.98 Å². The number of nitrogens with one attached hydrogen (secondary N) is 1. The molecule has 0 aliphatic heterocycles. The lowest BCUT2D eigenvalue weighted by Crippen LogP contribution is -2.12. The van der Waals surface area contributed by atoms with Crippen molar-refractivity contribution in [2.24, 2.45) is 0 Å². The Labute approximate surface area is 122 Å². The van der Waals surface area contributed by atoms with Gasteiger partial charge in [0.15, 0.2) is 0 Å². The lowest BCUT2D eigenvalue weighted by Gasteiger charge is -2.05. The van der Waals surface area contributed by atoms with Crippen molar-refractivity contribution in [3.05, 3.63) is 57.7 Å². The van der Waals surface area contributed by atoms with Gasteiger partial charge in [-0.05, 0) is 37.6 Å². The standard InChI is InChI=1S/C16H17N3S/c1-11-3-5-14-7-13(4-6-15(14)18-11)8-17-9-16-19-12(2)10-20-16/h3-7,10,17H,8-9H2,1-2H3. The minimum absolute atomic E-state index is 0.822. The average Bonchev–Trinajstić information content (AvgIpc) is 2.85. The van der Waals surface area contributed by atoms with Crippen LogP contribution < -0.4 is 5.32 Å². The van der Waals surface area contributed by atoms with Gasteiger partial charge in [0.2, 0.25) is 0 Å². The molecule has 0 radical (unpaired) electrons. The Hall–Kier alpha value is -1.78. The first-order valence-corrected chi connectivity index (χ1v) is 7.57. The molecule has 3 aromatic rings. The van der Waals surface area contributed by atoms with E-state index < -0.39 is 0 Å². The maximum atomic E-state index is 4.52. The molecule has 0 fully saturated rings. The summed E-state index contributed by atoms with van der Waals surface area (Å²) in [6.07, 6.45) is 0. The van der Waals surface area contributed by atoms with Crippen LogP contribution in [0.15, 0.2) is 35.7 Å². The highest BCUT2D eigenvalue weighted by Crippen LogP contribution is 2.15. The number of aryl methyl sites for hydroxylation is 2. The number of hydrogen-bond acceptors (Lipinski definition) is 4. The van der Waals surface area contributed by atoms with Crippen LogP contribution in [0.25, 0.3) is 10.9 Å². The van der Waals surface area contributed by atoms with E-state index >= 15 is 0 Å². The quantitative estimate of drug-likeness (QED) is 0.795. The third kappa shape index (κ3) is 3.03. The molecule has 3 rings (SSSR count). The van der Waals surface area contributed by atoms with Crippen molar-refractivity contribution in [3.63, 3.8) is 0 Å². The highest BCUT2D eigenvalue weighted by molar-refractivity contribution is 7.09. The largest absolute Gasteiger partial charge is 0.306 e. The van der Waals surface area contributed by atoms with E-state index in [1.807, 2.05) is 13.8 Å². The molecular weight excluding hydrogens is 266 g/mol. The molecule has 102 valence electrons. The van der Waals surface area contributed by atoms with Crippen molar-refractivity contribution < 1.29 is 0 Å². The molecule has 20 heavy (non-hydrogen) atoms. The molecule has 0 saturated carbocycles. The van der Waals surface area contributed by atoms with E-state index in [9.17, 15) is 0 Å². The van der Waals surface area contributed by atoms with E-state index in [0.717, 1.165) is 35.0 Å². The Kier molecular flexibility index (Phi) is 3.76. The van der Waals surface area contributed by atoms with Crippen molar-refractivity contribution in [1.29, 1.82) is 0 Å². The summed E-state index contributed by atoms with van der Waals surface area (Å²) < 4.78 is 0. The minimum atomic E-state index is 0.822. The average molecular weight is 283 g/mol. The lowest BCUT2D eigenvalue weighted by atomic mass is 10.1. The summed E-state index contributed by atoms with van der Waals surface area (Å²) in [5.74, 6) is 0. The predicted molar refractivity (Wildman–Crippen MR) is 83.9 cm³/mol. The van der Waals surface area contributed by atoms with Crippen LogP contribution in [0, 0.1) is 13.8 Å². The van der Waals surface area contributed by atoms with E-state index in [1.54, 1.807) is 11.3 Å². The van der Waals surface area contributed by atoms with Gasteiger partial charge in [-0.15, -0.1) is 11.3 Å². The van der Waals surface area contributed by atoms with Gasteiger partial charge in [0, 0.05) is 35.2 Å². The van der Waals surface area contributed by atoms with E-state index in [-0.39, 0.29) is 0 Å². The molecule has 1 aromatic carbocycles. The number of nitrogens with zero attached hydrogens (tertiary/aromatic N) is 2. The lowest BCUT2D eigenvalue weighted by molar-refractivity contribution is 0.689. The fraction of sp³-hybridized carbons (Fsp3) is 0.250. The molecule has 0 amide bonds. The molecule has 0 aliphatic carbocycles. The van der Waals surface area contributed by atoms with Gasteiger partial charge < -0.3 is 5.32 Å². The minimum Gasteiger partial charge on any atom is -0.306 e. The molecule has 0 bridgehead atoms. The number of benzene rings is 1. The molecule has 0 saturated heterocycles. The zero-order valence-electron chi connectivity index (χ0n) is 11.7. The van der Waals surface area contributed by atoms with Gasteiger partial charge in [0.25, 0.3) is 0 Å². The van der Waals surface area contributed by atoms with Crippen LogP contribution in [0.2, 0.25) is 0 Å². The van der Waals surface area contributed by atoms with Crippen LogP contribution in [0.5, 0.6) is 0 Å². The highest BCUT2D eigenvalue weighted by atomic mass is 32.1. The third-order valence-corrected chi connectivity index (χ3v) is 4.13. The zero-order chi connectivity index (χ0) is 13.9. The molecule has 0 spiro atoms. The second-order valence-corrected chi connectivity index (χ2v) is 5.91. The van der Waals surface area contributed by atoms with E-state index in [4.69, 9.17) is 0 Å². The summed E-state index contributed by atoms with van der Waals surface area (Å²) >= 11 is 1.71. The van der Waals surface area contributed by atoms with Crippen molar-refractivity contribution in [3.8, 4) is 0 Å². The smallest absolute Gasteiger partial charge is 0.107 e. The summed E-state index contributed by atoms with van der Waals surface area (Å²) in [7, 11) is 0. The third-order valence-electron chi connectivity index (χ3n) is 3.16. The van der Waals surface area contributed by atoms with E-state index in [0.29, 0.717) is 0 Å². The van der Waals surface area contributed by atoms with Crippen molar-refractivity contribution in [1.82, 2.24) is 15.3 Å². The molecule has 2 aromatic heterocycles. The maximum Gasteiger partial charge on any atom is 0.107 e. The Morgan fingerprint density at radius 3 is 2.70 bits per heavy atom. The SMILES string of the molecule is Cc1csc(CNCc2ccc3nc(C)ccc3c2)n1. The Bertz CT molecular complexity index is 733. The first-order valence-electron chi connectivity index (χ1n) is 6.69. The van der Waals surface area contributed by atoms with Crippen molar-refractivity contribution in [2.45, 2.75) is 26.9 Å². The van der Waals surface area contributed by atoms with Gasteiger partial charge in [-0.2, -0.15) is 0 Å². The molecule has 0 aliphatic rings. The second kappa shape index (κ2) is 5.69. The van der Waals surface area contributed by atoms with Crippen LogP contribution >= 0.6 is 11.3 Å². The van der Waals surface area contributed by atoms with E-state index in [1.165, 1.54) is 10.9 Å². The van der Waals surface area contributed by atoms with Gasteiger partial charge >= 0.3 is 0 Å². The Balaban J connectivity index is 1.67. The number of rotatable bonds is 4. The number of aromatic nitrogens is 2. The number of fused-ring (bicyclic) bond motifs is 1. The van der Waals surface area contributed by atoms with Crippen molar-refractivity contribution in [2.75, 3.05) is 0 Å². The topological polar surface area (TPSA) is 37.8 Å². The fourth-order valence-electron chi connectivity index (χ4n) is 2.18. The van der Waals surface area contributed by atoms with Gasteiger partial charge in [-0.3, -0.25) is 4.98 Å². The summed E-state index contributed by atoms with van der Waals surface area (Å²) in [5, 5.41) is 7.85. The summed E-state index contributed by atoms with van der Waals surface area (Å²) in [5.41, 5.74) is 4.49. The van der Waals surface area contributed by atoms with Crippen LogP contribution in [-0.2, 0) is 13.1 Å². The van der Waals surface area contributed by atoms with Crippen LogP contribution in [-0.4, -0.2) is 9.97 Å². The fourth-order valence-corrected chi connectivity index (χ4v) is 2.93. The molecule has 0 unspecified atom stereocenters. The zero-order valence-corrected chi connectivity index (χ0v) is 12.5. The molecular formula is C16H17N3S. The Morgan fingerprint density at radius 1 is 1.00 bits per heavy atom. The van der Waals surface area contributed by atoms with Gasteiger partial charge in [0.05, 0.1) is 5.52 Å². The summed E-state index contributed by atoms with van der Waals surface area (Å²) in [6.45, 7) is 5.72. The first-order chi connectivity index (χ1) is 9.70. The highest BCUT2D eigenvalue weighted by Gasteiger charge is 2.00. The van der Waals surface area contributed by atoms with Crippen LogP contribution in [0.4, 0.5) is 0 Å².